The lowest BCUT2D eigenvalue weighted by atomic mass is 9.94. The third-order valence-electron chi connectivity index (χ3n) is 3.18. The minimum atomic E-state index is 0.0467. The van der Waals surface area contributed by atoms with Crippen molar-refractivity contribution in [2.75, 3.05) is 12.3 Å². The van der Waals surface area contributed by atoms with Crippen molar-refractivity contribution in [3.8, 4) is 6.07 Å². The second-order valence-corrected chi connectivity index (χ2v) is 4.22. The molecule has 1 aromatic heterocycles. The van der Waals surface area contributed by atoms with Crippen LogP contribution in [0.3, 0.4) is 0 Å². The Hall–Kier alpha value is -2.09. The molecule has 0 atom stereocenters. The zero-order valence-corrected chi connectivity index (χ0v) is 9.95. The molecule has 0 saturated carbocycles. The molecule has 0 saturated heterocycles. The molecule has 0 aliphatic carbocycles. The topological polar surface area (TPSA) is 83.0 Å². The highest BCUT2D eigenvalue weighted by Crippen LogP contribution is 2.27. The van der Waals surface area contributed by atoms with Crippen LogP contribution in [0.1, 0.15) is 29.3 Å². The van der Waals surface area contributed by atoms with Gasteiger partial charge in [0.25, 0.3) is 0 Å². The van der Waals surface area contributed by atoms with E-state index in [4.69, 9.17) is 11.0 Å². The van der Waals surface area contributed by atoms with E-state index in [0.717, 1.165) is 16.8 Å². The molecule has 2 heterocycles. The van der Waals surface area contributed by atoms with Gasteiger partial charge in [0.05, 0.1) is 5.56 Å². The highest BCUT2D eigenvalue weighted by atomic mass is 16.2. The zero-order valence-electron chi connectivity index (χ0n) is 9.95. The molecule has 1 aliphatic heterocycles. The zero-order chi connectivity index (χ0) is 12.6. The van der Waals surface area contributed by atoms with Crippen LogP contribution >= 0.6 is 0 Å². The maximum absolute atomic E-state index is 11.4. The van der Waals surface area contributed by atoms with Gasteiger partial charge in [0.2, 0.25) is 5.91 Å². The molecule has 2 N–H and O–H groups in total. The van der Waals surface area contributed by atoms with Crippen LogP contribution in [-0.2, 0) is 17.8 Å². The number of aromatic nitrogens is 1. The summed E-state index contributed by atoms with van der Waals surface area (Å²) in [5.74, 6) is 0.338. The fourth-order valence-corrected chi connectivity index (χ4v) is 2.22. The van der Waals surface area contributed by atoms with Gasteiger partial charge in [0, 0.05) is 25.7 Å². The Morgan fingerprint density at radius 3 is 2.82 bits per heavy atom. The first-order valence-corrected chi connectivity index (χ1v) is 5.48. The number of carbonyl (C=O) groups excluding carboxylic acids is 1. The lowest BCUT2D eigenvalue weighted by molar-refractivity contribution is -0.129. The molecule has 1 aliphatic rings. The Morgan fingerprint density at radius 1 is 1.53 bits per heavy atom. The van der Waals surface area contributed by atoms with Crippen molar-refractivity contribution >= 4 is 11.7 Å². The molecule has 0 radical (unpaired) electrons. The van der Waals surface area contributed by atoms with Gasteiger partial charge >= 0.3 is 0 Å². The average molecular weight is 230 g/mol. The summed E-state index contributed by atoms with van der Waals surface area (Å²) >= 11 is 0. The molecule has 2 rings (SSSR count). The van der Waals surface area contributed by atoms with Crippen LogP contribution in [0.25, 0.3) is 0 Å². The lowest BCUT2D eigenvalue weighted by Gasteiger charge is -2.29. The van der Waals surface area contributed by atoms with Gasteiger partial charge in [-0.3, -0.25) is 4.79 Å². The maximum atomic E-state index is 11.4. The number of nitrogen functional groups attached to an aromatic ring is 1. The second kappa shape index (κ2) is 4.06. The quantitative estimate of drug-likeness (QED) is 0.712. The molecule has 17 heavy (non-hydrogen) atoms. The summed E-state index contributed by atoms with van der Waals surface area (Å²) in [7, 11) is 0. The fraction of sp³-hybridized carbons (Fsp3) is 0.417. The first-order chi connectivity index (χ1) is 8.04. The predicted octanol–water partition coefficient (Wildman–Crippen LogP) is 0.749. The van der Waals surface area contributed by atoms with Crippen LogP contribution < -0.4 is 5.73 Å². The summed E-state index contributed by atoms with van der Waals surface area (Å²) < 4.78 is 0. The molecule has 0 spiro atoms. The van der Waals surface area contributed by atoms with Gasteiger partial charge in [0.15, 0.2) is 0 Å². The van der Waals surface area contributed by atoms with E-state index in [1.165, 1.54) is 0 Å². The number of hydrogen-bond donors (Lipinski definition) is 1. The maximum Gasteiger partial charge on any atom is 0.219 e. The van der Waals surface area contributed by atoms with Crippen LogP contribution in [0, 0.1) is 18.3 Å². The molecule has 5 heteroatoms. The number of hydrogen-bond acceptors (Lipinski definition) is 4. The van der Waals surface area contributed by atoms with E-state index in [0.29, 0.717) is 30.9 Å². The van der Waals surface area contributed by atoms with E-state index in [9.17, 15) is 4.79 Å². The Balaban J connectivity index is 2.53. The molecule has 5 nitrogen and oxygen atoms in total. The van der Waals surface area contributed by atoms with Gasteiger partial charge in [0.1, 0.15) is 11.9 Å². The predicted molar refractivity (Wildman–Crippen MR) is 62.9 cm³/mol. The van der Waals surface area contributed by atoms with Crippen molar-refractivity contribution in [2.24, 2.45) is 0 Å². The van der Waals surface area contributed by atoms with Gasteiger partial charge in [-0.25, -0.2) is 4.98 Å². The minimum absolute atomic E-state index is 0.0467. The average Bonchev–Trinajstić information content (AvgIpc) is 2.29. The van der Waals surface area contributed by atoms with Gasteiger partial charge in [-0.05, 0) is 24.5 Å². The summed E-state index contributed by atoms with van der Waals surface area (Å²) in [4.78, 5) is 17.3. The standard InChI is InChI=1S/C12H14N4O/c1-7-11-6-16(8(2)17)4-3-9(11)10(5-13)12(14)15-7/h3-4,6H2,1-2H3,(H2,14,15). The number of rotatable bonds is 0. The van der Waals surface area contributed by atoms with Crippen LogP contribution in [0.5, 0.6) is 0 Å². The highest BCUT2D eigenvalue weighted by molar-refractivity contribution is 5.74. The summed E-state index contributed by atoms with van der Waals surface area (Å²) in [6.45, 7) is 4.58. The van der Waals surface area contributed by atoms with Crippen molar-refractivity contribution in [3.63, 3.8) is 0 Å². The molecular weight excluding hydrogens is 216 g/mol. The largest absolute Gasteiger partial charge is 0.383 e. The van der Waals surface area contributed by atoms with Crippen LogP contribution in [0.4, 0.5) is 5.82 Å². The second-order valence-electron chi connectivity index (χ2n) is 4.22. The van der Waals surface area contributed by atoms with E-state index >= 15 is 0 Å². The Kier molecular flexibility index (Phi) is 2.72. The van der Waals surface area contributed by atoms with E-state index in [1.54, 1.807) is 11.8 Å². The number of nitrogens with zero attached hydrogens (tertiary/aromatic N) is 3. The van der Waals surface area contributed by atoms with Crippen LogP contribution in [-0.4, -0.2) is 22.3 Å². The first kappa shape index (κ1) is 11.4. The number of pyridine rings is 1. The van der Waals surface area contributed by atoms with Gasteiger partial charge < -0.3 is 10.6 Å². The molecule has 0 fully saturated rings. The van der Waals surface area contributed by atoms with Gasteiger partial charge in [-0.1, -0.05) is 0 Å². The smallest absolute Gasteiger partial charge is 0.219 e. The molecule has 0 aromatic carbocycles. The third-order valence-corrected chi connectivity index (χ3v) is 3.18. The molecule has 1 amide bonds. The summed E-state index contributed by atoms with van der Waals surface area (Å²) in [6.07, 6.45) is 0.672. The number of anilines is 1. The summed E-state index contributed by atoms with van der Waals surface area (Å²) in [6, 6.07) is 2.10. The number of aryl methyl sites for hydroxylation is 1. The number of amides is 1. The number of nitriles is 1. The summed E-state index contributed by atoms with van der Waals surface area (Å²) in [5.41, 5.74) is 8.93. The van der Waals surface area contributed by atoms with E-state index < -0.39 is 0 Å². The lowest BCUT2D eigenvalue weighted by Crippen LogP contribution is -2.35. The number of carbonyl (C=O) groups is 1. The van der Waals surface area contributed by atoms with Crippen LogP contribution in [0.15, 0.2) is 0 Å². The monoisotopic (exact) mass is 230 g/mol. The molecule has 88 valence electrons. The van der Waals surface area contributed by atoms with Gasteiger partial charge in [-0.15, -0.1) is 0 Å². The minimum Gasteiger partial charge on any atom is -0.383 e. The Morgan fingerprint density at radius 2 is 2.24 bits per heavy atom. The van der Waals surface area contributed by atoms with Crippen molar-refractivity contribution < 1.29 is 4.79 Å². The van der Waals surface area contributed by atoms with Crippen molar-refractivity contribution in [2.45, 2.75) is 26.8 Å². The normalized spacial score (nSPS) is 14.1. The number of nitrogens with two attached hydrogens (primary N) is 1. The van der Waals surface area contributed by atoms with E-state index in [2.05, 4.69) is 11.1 Å². The Labute approximate surface area is 99.9 Å². The Bertz CT molecular complexity index is 530. The number of fused-ring (bicyclic) bond motifs is 1. The van der Waals surface area contributed by atoms with Crippen molar-refractivity contribution in [3.05, 3.63) is 22.4 Å². The fourth-order valence-electron chi connectivity index (χ4n) is 2.22. The van der Waals surface area contributed by atoms with Crippen molar-refractivity contribution in [1.29, 1.82) is 5.26 Å². The van der Waals surface area contributed by atoms with Crippen molar-refractivity contribution in [1.82, 2.24) is 9.88 Å². The third kappa shape index (κ3) is 1.82. The van der Waals surface area contributed by atoms with Crippen LogP contribution in [0.2, 0.25) is 0 Å². The van der Waals surface area contributed by atoms with Gasteiger partial charge in [-0.2, -0.15) is 5.26 Å². The summed E-state index contributed by atoms with van der Waals surface area (Å²) in [5, 5.41) is 9.09. The molecule has 0 bridgehead atoms. The van der Waals surface area contributed by atoms with E-state index in [-0.39, 0.29) is 5.91 Å². The van der Waals surface area contributed by atoms with E-state index in [1.807, 2.05) is 6.92 Å². The molecular formula is C12H14N4O. The highest BCUT2D eigenvalue weighted by Gasteiger charge is 2.24. The first-order valence-electron chi connectivity index (χ1n) is 5.48. The SMILES string of the molecule is CC(=O)N1CCc2c(C#N)c(N)nc(C)c2C1. The molecule has 1 aromatic rings. The molecule has 0 unspecified atom stereocenters.